The molecule has 0 aromatic carbocycles. The normalized spacial score (nSPS) is 17.0. The van der Waals surface area contributed by atoms with Crippen molar-refractivity contribution in [1.29, 1.82) is 0 Å². The maximum atomic E-state index is 5.45. The van der Waals surface area contributed by atoms with Crippen LogP contribution in [0.4, 0.5) is 5.95 Å². The highest BCUT2D eigenvalue weighted by Gasteiger charge is 2.26. The van der Waals surface area contributed by atoms with Gasteiger partial charge in [0.15, 0.2) is 5.82 Å². The first-order valence-corrected chi connectivity index (χ1v) is 8.48. The molecule has 3 heterocycles. The SMILES string of the molecule is CCOc1ccnc(N2CCN([C@@H](C)c3nc(CC)no3)CC2)n1. The highest BCUT2D eigenvalue weighted by Crippen LogP contribution is 2.22. The standard InChI is InChI=1S/C16H24N6O2/c1-4-13-18-15(24-20-13)12(3)21-8-10-22(11-9-21)16-17-7-6-14(19-16)23-5-2/h6-7,12H,4-5,8-11H2,1-3H3/t12-/m0/s1. The van der Waals surface area contributed by atoms with Crippen LogP contribution in [0.3, 0.4) is 0 Å². The van der Waals surface area contributed by atoms with E-state index in [1.807, 2.05) is 13.8 Å². The number of hydrogen-bond acceptors (Lipinski definition) is 8. The molecule has 0 N–H and O–H groups in total. The minimum Gasteiger partial charge on any atom is -0.478 e. The lowest BCUT2D eigenvalue weighted by Gasteiger charge is -2.36. The summed E-state index contributed by atoms with van der Waals surface area (Å²) in [4.78, 5) is 17.8. The summed E-state index contributed by atoms with van der Waals surface area (Å²) in [6.45, 7) is 10.2. The van der Waals surface area contributed by atoms with Gasteiger partial charge in [-0.05, 0) is 13.8 Å². The third-order valence-electron chi connectivity index (χ3n) is 4.21. The molecule has 0 radical (unpaired) electrons. The topological polar surface area (TPSA) is 80.4 Å². The summed E-state index contributed by atoms with van der Waals surface area (Å²) in [6, 6.07) is 1.90. The molecule has 3 rings (SSSR count). The van der Waals surface area contributed by atoms with Crippen LogP contribution in [0.5, 0.6) is 5.88 Å². The van der Waals surface area contributed by atoms with E-state index < -0.39 is 0 Å². The number of piperazine rings is 1. The fraction of sp³-hybridized carbons (Fsp3) is 0.625. The van der Waals surface area contributed by atoms with Gasteiger partial charge in [0.05, 0.1) is 12.6 Å². The molecule has 130 valence electrons. The molecule has 2 aromatic rings. The molecule has 1 atom stereocenters. The van der Waals surface area contributed by atoms with Gasteiger partial charge in [0, 0.05) is 44.9 Å². The molecule has 0 aliphatic carbocycles. The van der Waals surface area contributed by atoms with Crippen molar-refractivity contribution < 1.29 is 9.26 Å². The van der Waals surface area contributed by atoms with Gasteiger partial charge in [0.25, 0.3) is 0 Å². The molecule has 0 spiro atoms. The van der Waals surface area contributed by atoms with E-state index in [2.05, 4.69) is 36.8 Å². The van der Waals surface area contributed by atoms with Crippen molar-refractivity contribution in [3.05, 3.63) is 24.0 Å². The van der Waals surface area contributed by atoms with Crippen molar-refractivity contribution >= 4 is 5.95 Å². The molecular formula is C16H24N6O2. The van der Waals surface area contributed by atoms with Gasteiger partial charge in [-0.25, -0.2) is 4.98 Å². The molecule has 1 aliphatic heterocycles. The summed E-state index contributed by atoms with van der Waals surface area (Å²) in [7, 11) is 0. The average Bonchev–Trinajstić information content (AvgIpc) is 3.11. The van der Waals surface area contributed by atoms with Gasteiger partial charge in [-0.1, -0.05) is 12.1 Å². The van der Waals surface area contributed by atoms with Crippen molar-refractivity contribution in [3.8, 4) is 5.88 Å². The molecule has 0 bridgehead atoms. The Hall–Kier alpha value is -2.22. The second-order valence-corrected chi connectivity index (χ2v) is 5.73. The number of ether oxygens (including phenoxy) is 1. The molecule has 0 saturated carbocycles. The summed E-state index contributed by atoms with van der Waals surface area (Å²) in [5, 5.41) is 3.98. The first kappa shape index (κ1) is 16.6. The summed E-state index contributed by atoms with van der Waals surface area (Å²) in [5.41, 5.74) is 0. The summed E-state index contributed by atoms with van der Waals surface area (Å²) in [5.74, 6) is 2.79. The van der Waals surface area contributed by atoms with Crippen molar-refractivity contribution in [3.63, 3.8) is 0 Å². The van der Waals surface area contributed by atoms with Crippen molar-refractivity contribution in [2.45, 2.75) is 33.2 Å². The molecule has 8 nitrogen and oxygen atoms in total. The molecule has 0 unspecified atom stereocenters. The average molecular weight is 332 g/mol. The van der Waals surface area contributed by atoms with E-state index in [1.165, 1.54) is 0 Å². The van der Waals surface area contributed by atoms with Gasteiger partial charge in [0.2, 0.25) is 17.7 Å². The van der Waals surface area contributed by atoms with E-state index in [0.29, 0.717) is 18.4 Å². The van der Waals surface area contributed by atoms with E-state index in [0.717, 1.165) is 44.4 Å². The van der Waals surface area contributed by atoms with Crippen molar-refractivity contribution in [2.75, 3.05) is 37.7 Å². The Bertz CT molecular complexity index is 654. The Morgan fingerprint density at radius 3 is 2.67 bits per heavy atom. The molecule has 1 fully saturated rings. The number of aromatic nitrogens is 4. The van der Waals surface area contributed by atoms with Gasteiger partial charge in [-0.2, -0.15) is 9.97 Å². The molecule has 0 amide bonds. The van der Waals surface area contributed by atoms with Crippen LogP contribution in [0.2, 0.25) is 0 Å². The van der Waals surface area contributed by atoms with E-state index in [-0.39, 0.29) is 6.04 Å². The quantitative estimate of drug-likeness (QED) is 0.791. The maximum Gasteiger partial charge on any atom is 0.243 e. The van der Waals surface area contributed by atoms with E-state index in [9.17, 15) is 0 Å². The summed E-state index contributed by atoms with van der Waals surface area (Å²) < 4.78 is 10.8. The second-order valence-electron chi connectivity index (χ2n) is 5.73. The molecule has 24 heavy (non-hydrogen) atoms. The summed E-state index contributed by atoms with van der Waals surface area (Å²) in [6.07, 6.45) is 2.53. The monoisotopic (exact) mass is 332 g/mol. The fourth-order valence-corrected chi connectivity index (χ4v) is 2.76. The van der Waals surface area contributed by atoms with E-state index in [4.69, 9.17) is 9.26 Å². The van der Waals surface area contributed by atoms with Crippen LogP contribution in [-0.4, -0.2) is 57.8 Å². The predicted octanol–water partition coefficient (Wildman–Crippen LogP) is 1.70. The van der Waals surface area contributed by atoms with Gasteiger partial charge in [-0.3, -0.25) is 4.90 Å². The van der Waals surface area contributed by atoms with Gasteiger partial charge >= 0.3 is 0 Å². The highest BCUT2D eigenvalue weighted by atomic mass is 16.5. The van der Waals surface area contributed by atoms with Gasteiger partial charge < -0.3 is 14.2 Å². The number of rotatable bonds is 6. The van der Waals surface area contributed by atoms with Crippen LogP contribution < -0.4 is 9.64 Å². The molecule has 1 aliphatic rings. The zero-order valence-corrected chi connectivity index (χ0v) is 14.5. The zero-order chi connectivity index (χ0) is 16.9. The van der Waals surface area contributed by atoms with Crippen LogP contribution in [0.15, 0.2) is 16.8 Å². The fourth-order valence-electron chi connectivity index (χ4n) is 2.76. The van der Waals surface area contributed by atoms with Gasteiger partial charge in [-0.15, -0.1) is 0 Å². The van der Waals surface area contributed by atoms with E-state index >= 15 is 0 Å². The Morgan fingerprint density at radius 1 is 1.21 bits per heavy atom. The van der Waals surface area contributed by atoms with Crippen LogP contribution in [0.25, 0.3) is 0 Å². The molecular weight excluding hydrogens is 308 g/mol. The van der Waals surface area contributed by atoms with Crippen LogP contribution in [0.1, 0.15) is 38.5 Å². The minimum atomic E-state index is 0.121. The maximum absolute atomic E-state index is 5.45. The minimum absolute atomic E-state index is 0.121. The largest absolute Gasteiger partial charge is 0.478 e. The Balaban J connectivity index is 1.60. The van der Waals surface area contributed by atoms with Crippen LogP contribution >= 0.6 is 0 Å². The smallest absolute Gasteiger partial charge is 0.243 e. The van der Waals surface area contributed by atoms with Crippen molar-refractivity contribution in [1.82, 2.24) is 25.0 Å². The first-order valence-electron chi connectivity index (χ1n) is 8.48. The lowest BCUT2D eigenvalue weighted by Crippen LogP contribution is -2.47. The van der Waals surface area contributed by atoms with Crippen molar-refractivity contribution in [2.24, 2.45) is 0 Å². The number of hydrogen-bond donors (Lipinski definition) is 0. The number of anilines is 1. The Kier molecular flexibility index (Phi) is 5.24. The molecule has 8 heteroatoms. The van der Waals surface area contributed by atoms with Crippen LogP contribution in [0, 0.1) is 0 Å². The lowest BCUT2D eigenvalue weighted by atomic mass is 10.2. The third kappa shape index (κ3) is 3.64. The molecule has 2 aromatic heterocycles. The number of nitrogens with zero attached hydrogens (tertiary/aromatic N) is 6. The lowest BCUT2D eigenvalue weighted by molar-refractivity contribution is 0.163. The Labute approximate surface area is 141 Å². The first-order chi connectivity index (χ1) is 11.7. The van der Waals surface area contributed by atoms with Gasteiger partial charge in [0.1, 0.15) is 0 Å². The van der Waals surface area contributed by atoms with E-state index in [1.54, 1.807) is 12.3 Å². The molecule has 1 saturated heterocycles. The summed E-state index contributed by atoms with van der Waals surface area (Å²) >= 11 is 0. The Morgan fingerprint density at radius 2 is 2.00 bits per heavy atom. The number of aryl methyl sites for hydroxylation is 1. The van der Waals surface area contributed by atoms with Crippen LogP contribution in [-0.2, 0) is 6.42 Å². The second kappa shape index (κ2) is 7.57. The zero-order valence-electron chi connectivity index (χ0n) is 14.5. The highest BCUT2D eigenvalue weighted by molar-refractivity contribution is 5.32. The predicted molar refractivity (Wildman–Crippen MR) is 89.1 cm³/mol. The third-order valence-corrected chi connectivity index (χ3v) is 4.21.